The molecule has 100 valence electrons. The van der Waals surface area contributed by atoms with Crippen LogP contribution in [0.25, 0.3) is 0 Å². The molecule has 3 nitrogen and oxygen atoms in total. The summed E-state index contributed by atoms with van der Waals surface area (Å²) in [5, 5.41) is 2.97. The molecule has 1 aromatic carbocycles. The lowest BCUT2D eigenvalue weighted by Gasteiger charge is -2.08. The van der Waals surface area contributed by atoms with Gasteiger partial charge in [-0.15, -0.1) is 0 Å². The van der Waals surface area contributed by atoms with Crippen molar-refractivity contribution in [1.82, 2.24) is 4.98 Å². The van der Waals surface area contributed by atoms with Gasteiger partial charge in [-0.3, -0.25) is 0 Å². The van der Waals surface area contributed by atoms with Crippen molar-refractivity contribution >= 4 is 5.82 Å². The fourth-order valence-corrected chi connectivity index (χ4v) is 1.59. The molecule has 1 aromatic heterocycles. The van der Waals surface area contributed by atoms with Crippen LogP contribution in [0.3, 0.4) is 0 Å². The third-order valence-corrected chi connectivity index (χ3v) is 2.49. The van der Waals surface area contributed by atoms with Gasteiger partial charge in [-0.1, -0.05) is 12.1 Å². The van der Waals surface area contributed by atoms with Crippen molar-refractivity contribution in [3.63, 3.8) is 0 Å². The molecule has 1 N–H and O–H groups in total. The van der Waals surface area contributed by atoms with E-state index in [-0.39, 0.29) is 6.54 Å². The zero-order valence-electron chi connectivity index (χ0n) is 10.5. The van der Waals surface area contributed by atoms with E-state index in [9.17, 15) is 8.78 Å². The summed E-state index contributed by atoms with van der Waals surface area (Å²) in [6.45, 7) is 2.63. The molecule has 2 rings (SSSR count). The Morgan fingerprint density at radius 1 is 1.21 bits per heavy atom. The molecule has 0 aliphatic heterocycles. The minimum atomic E-state index is -0.585. The van der Waals surface area contributed by atoms with Gasteiger partial charge in [0.25, 0.3) is 0 Å². The van der Waals surface area contributed by atoms with Gasteiger partial charge in [0.15, 0.2) is 0 Å². The van der Waals surface area contributed by atoms with E-state index in [0.717, 1.165) is 6.07 Å². The predicted molar refractivity (Wildman–Crippen MR) is 69.1 cm³/mol. The number of hydrogen-bond acceptors (Lipinski definition) is 3. The lowest BCUT2D eigenvalue weighted by atomic mass is 10.2. The summed E-state index contributed by atoms with van der Waals surface area (Å²) in [5.41, 5.74) is 0.380. The lowest BCUT2D eigenvalue weighted by molar-refractivity contribution is 0.327. The van der Waals surface area contributed by atoms with Crippen molar-refractivity contribution < 1.29 is 13.5 Å². The molecule has 0 saturated carbocycles. The molecule has 2 aromatic rings. The molecule has 0 bridgehead atoms. The van der Waals surface area contributed by atoms with Crippen molar-refractivity contribution in [2.75, 3.05) is 11.9 Å². The summed E-state index contributed by atoms with van der Waals surface area (Å²) in [6, 6.07) is 8.79. The highest BCUT2D eigenvalue weighted by Crippen LogP contribution is 2.14. The number of ether oxygens (including phenoxy) is 1. The molecule has 0 fully saturated rings. The summed E-state index contributed by atoms with van der Waals surface area (Å²) in [4.78, 5) is 4.19. The Bertz CT molecular complexity index is 561. The smallest absolute Gasteiger partial charge is 0.215 e. The molecule has 0 radical (unpaired) electrons. The number of hydrogen-bond donors (Lipinski definition) is 1. The van der Waals surface area contributed by atoms with Crippen LogP contribution in [0.2, 0.25) is 0 Å². The van der Waals surface area contributed by atoms with Crippen molar-refractivity contribution in [3.8, 4) is 5.88 Å². The van der Waals surface area contributed by atoms with Crippen LogP contribution in [0, 0.1) is 11.6 Å². The summed E-state index contributed by atoms with van der Waals surface area (Å²) in [6.07, 6.45) is 0. The van der Waals surface area contributed by atoms with E-state index >= 15 is 0 Å². The SMILES string of the molecule is CCOc1cccc(NCc2ccc(F)cc2F)n1. The minimum absolute atomic E-state index is 0.231. The first-order chi connectivity index (χ1) is 9.19. The Labute approximate surface area is 110 Å². The van der Waals surface area contributed by atoms with Crippen molar-refractivity contribution in [2.45, 2.75) is 13.5 Å². The van der Waals surface area contributed by atoms with E-state index in [0.29, 0.717) is 23.9 Å². The van der Waals surface area contributed by atoms with Gasteiger partial charge >= 0.3 is 0 Å². The van der Waals surface area contributed by atoms with E-state index < -0.39 is 11.6 Å². The Kier molecular flexibility index (Phi) is 4.28. The molecular formula is C14H14F2N2O. The average molecular weight is 264 g/mol. The number of halogens is 2. The van der Waals surface area contributed by atoms with Crippen LogP contribution < -0.4 is 10.1 Å². The highest BCUT2D eigenvalue weighted by Gasteiger charge is 2.04. The van der Waals surface area contributed by atoms with Gasteiger partial charge in [0.05, 0.1) is 6.61 Å². The maximum Gasteiger partial charge on any atom is 0.215 e. The van der Waals surface area contributed by atoms with Gasteiger partial charge in [0.1, 0.15) is 17.5 Å². The van der Waals surface area contributed by atoms with Gasteiger partial charge in [-0.25, -0.2) is 8.78 Å². The van der Waals surface area contributed by atoms with Crippen LogP contribution in [0.15, 0.2) is 36.4 Å². The van der Waals surface area contributed by atoms with Crippen LogP contribution in [0.5, 0.6) is 5.88 Å². The number of nitrogens with one attached hydrogen (secondary N) is 1. The van der Waals surface area contributed by atoms with Crippen molar-refractivity contribution in [1.29, 1.82) is 0 Å². The van der Waals surface area contributed by atoms with Crippen molar-refractivity contribution in [2.24, 2.45) is 0 Å². The predicted octanol–water partition coefficient (Wildman–Crippen LogP) is 3.37. The maximum absolute atomic E-state index is 13.4. The fourth-order valence-electron chi connectivity index (χ4n) is 1.59. The molecule has 0 unspecified atom stereocenters. The number of benzene rings is 1. The van der Waals surface area contributed by atoms with Crippen LogP contribution in [-0.4, -0.2) is 11.6 Å². The number of nitrogens with zero attached hydrogens (tertiary/aromatic N) is 1. The van der Waals surface area contributed by atoms with Gasteiger partial charge < -0.3 is 10.1 Å². The van der Waals surface area contributed by atoms with Gasteiger partial charge in [-0.2, -0.15) is 4.98 Å². The van der Waals surface area contributed by atoms with E-state index in [1.165, 1.54) is 12.1 Å². The highest BCUT2D eigenvalue weighted by molar-refractivity contribution is 5.38. The average Bonchev–Trinajstić information content (AvgIpc) is 2.38. The molecule has 0 aliphatic carbocycles. The second kappa shape index (κ2) is 6.13. The Morgan fingerprint density at radius 3 is 2.79 bits per heavy atom. The standard InChI is InChI=1S/C14H14F2N2O/c1-2-19-14-5-3-4-13(18-14)17-9-10-6-7-11(15)8-12(10)16/h3-8H,2,9H2,1H3,(H,17,18). The summed E-state index contributed by atoms with van der Waals surface area (Å²) < 4.78 is 31.5. The highest BCUT2D eigenvalue weighted by atomic mass is 19.1. The van der Waals surface area contributed by atoms with Gasteiger partial charge in [0, 0.05) is 24.2 Å². The second-order valence-corrected chi connectivity index (χ2v) is 3.88. The van der Waals surface area contributed by atoms with E-state index in [2.05, 4.69) is 10.3 Å². The minimum Gasteiger partial charge on any atom is -0.478 e. The number of pyridine rings is 1. The largest absolute Gasteiger partial charge is 0.478 e. The van der Waals surface area contributed by atoms with Crippen LogP contribution in [0.1, 0.15) is 12.5 Å². The third kappa shape index (κ3) is 3.64. The normalized spacial score (nSPS) is 10.3. The maximum atomic E-state index is 13.4. The zero-order valence-corrected chi connectivity index (χ0v) is 10.5. The molecule has 1 heterocycles. The molecule has 0 atom stereocenters. The van der Waals surface area contributed by atoms with E-state index in [1.54, 1.807) is 18.2 Å². The Morgan fingerprint density at radius 2 is 2.05 bits per heavy atom. The third-order valence-electron chi connectivity index (χ3n) is 2.49. The van der Waals surface area contributed by atoms with Gasteiger partial charge in [-0.05, 0) is 19.1 Å². The van der Waals surface area contributed by atoms with Crippen LogP contribution >= 0.6 is 0 Å². The molecule has 0 spiro atoms. The van der Waals surface area contributed by atoms with Crippen molar-refractivity contribution in [3.05, 3.63) is 53.6 Å². The first-order valence-electron chi connectivity index (χ1n) is 5.96. The number of aromatic nitrogens is 1. The monoisotopic (exact) mass is 264 g/mol. The molecular weight excluding hydrogens is 250 g/mol. The van der Waals surface area contributed by atoms with Crippen LogP contribution in [0.4, 0.5) is 14.6 Å². The summed E-state index contributed by atoms with van der Waals surface area (Å²) >= 11 is 0. The Balaban J connectivity index is 2.03. The number of rotatable bonds is 5. The molecule has 0 amide bonds. The fraction of sp³-hybridized carbons (Fsp3) is 0.214. The lowest BCUT2D eigenvalue weighted by Crippen LogP contribution is -2.04. The van der Waals surface area contributed by atoms with E-state index in [1.807, 2.05) is 6.92 Å². The number of anilines is 1. The molecule has 0 aliphatic rings. The molecule has 5 heteroatoms. The molecule has 0 saturated heterocycles. The Hall–Kier alpha value is -2.17. The topological polar surface area (TPSA) is 34.1 Å². The molecule has 19 heavy (non-hydrogen) atoms. The van der Waals surface area contributed by atoms with Crippen LogP contribution in [-0.2, 0) is 6.54 Å². The van der Waals surface area contributed by atoms with Gasteiger partial charge in [0.2, 0.25) is 5.88 Å². The van der Waals surface area contributed by atoms with E-state index in [4.69, 9.17) is 4.74 Å². The second-order valence-electron chi connectivity index (χ2n) is 3.88. The first-order valence-corrected chi connectivity index (χ1v) is 5.96. The summed E-state index contributed by atoms with van der Waals surface area (Å²) in [7, 11) is 0. The zero-order chi connectivity index (χ0) is 13.7. The first kappa shape index (κ1) is 13.3. The summed E-state index contributed by atoms with van der Waals surface area (Å²) in [5.74, 6) is -0.0760. The quantitative estimate of drug-likeness (QED) is 0.899.